The summed E-state index contributed by atoms with van der Waals surface area (Å²) in [6.07, 6.45) is 0.974. The van der Waals surface area contributed by atoms with Gasteiger partial charge in [0.2, 0.25) is 0 Å². The number of aromatic nitrogens is 2. The highest BCUT2D eigenvalue weighted by Gasteiger charge is 2.23. The number of rotatable bonds is 3. The molecule has 1 heterocycles. The first kappa shape index (κ1) is 12.9. The SMILES string of the molecule is CCc1c(C)nn(CC(=O)C(C)(C)C)c1C. The van der Waals surface area contributed by atoms with Gasteiger partial charge in [-0.05, 0) is 25.8 Å². The molecule has 0 N–H and O–H groups in total. The molecule has 0 aliphatic rings. The third kappa shape index (κ3) is 2.52. The van der Waals surface area contributed by atoms with Crippen LogP contribution in [-0.4, -0.2) is 15.6 Å². The molecular formula is C13H22N2O. The van der Waals surface area contributed by atoms with E-state index in [1.165, 1.54) is 5.56 Å². The molecule has 0 radical (unpaired) electrons. The molecule has 0 amide bonds. The molecule has 0 atom stereocenters. The van der Waals surface area contributed by atoms with Gasteiger partial charge in [0.25, 0.3) is 0 Å². The second-order valence-corrected chi connectivity index (χ2v) is 5.33. The topological polar surface area (TPSA) is 34.9 Å². The molecule has 0 aromatic carbocycles. The molecule has 1 aromatic heterocycles. The van der Waals surface area contributed by atoms with E-state index in [2.05, 4.69) is 12.0 Å². The number of ketones is 1. The van der Waals surface area contributed by atoms with Crippen LogP contribution in [0.3, 0.4) is 0 Å². The van der Waals surface area contributed by atoms with E-state index in [1.54, 1.807) is 0 Å². The van der Waals surface area contributed by atoms with Gasteiger partial charge in [0.05, 0.1) is 5.69 Å². The predicted molar refractivity (Wildman–Crippen MR) is 65.5 cm³/mol. The number of nitrogens with zero attached hydrogens (tertiary/aromatic N) is 2. The molecule has 0 bridgehead atoms. The van der Waals surface area contributed by atoms with Crippen molar-refractivity contribution < 1.29 is 4.79 Å². The van der Waals surface area contributed by atoms with Crippen LogP contribution in [0, 0.1) is 19.3 Å². The summed E-state index contributed by atoms with van der Waals surface area (Å²) < 4.78 is 1.84. The Morgan fingerprint density at radius 3 is 2.25 bits per heavy atom. The minimum Gasteiger partial charge on any atom is -0.297 e. The van der Waals surface area contributed by atoms with Crippen molar-refractivity contribution in [1.29, 1.82) is 0 Å². The minimum absolute atomic E-state index is 0.223. The zero-order chi connectivity index (χ0) is 12.5. The van der Waals surface area contributed by atoms with Crippen LogP contribution in [0.15, 0.2) is 0 Å². The van der Waals surface area contributed by atoms with Gasteiger partial charge in [0.1, 0.15) is 6.54 Å². The van der Waals surface area contributed by atoms with Crippen LogP contribution in [0.5, 0.6) is 0 Å². The van der Waals surface area contributed by atoms with Gasteiger partial charge >= 0.3 is 0 Å². The number of hydrogen-bond acceptors (Lipinski definition) is 2. The van der Waals surface area contributed by atoms with Crippen molar-refractivity contribution in [3.05, 3.63) is 17.0 Å². The van der Waals surface area contributed by atoms with Crippen LogP contribution in [0.2, 0.25) is 0 Å². The van der Waals surface area contributed by atoms with Crippen molar-refractivity contribution in [2.45, 2.75) is 54.5 Å². The summed E-state index contributed by atoms with van der Waals surface area (Å²) in [7, 11) is 0. The Labute approximate surface area is 97.8 Å². The number of Topliss-reactive ketones (excluding diaryl/α,β-unsaturated/α-hetero) is 1. The highest BCUT2D eigenvalue weighted by Crippen LogP contribution is 2.18. The van der Waals surface area contributed by atoms with Gasteiger partial charge in [-0.3, -0.25) is 9.48 Å². The first-order chi connectivity index (χ1) is 7.27. The van der Waals surface area contributed by atoms with Gasteiger partial charge in [-0.25, -0.2) is 0 Å². The lowest BCUT2D eigenvalue weighted by Gasteiger charge is -2.17. The summed E-state index contributed by atoms with van der Waals surface area (Å²) in [5, 5.41) is 4.43. The maximum Gasteiger partial charge on any atom is 0.159 e. The Balaban J connectivity index is 2.95. The van der Waals surface area contributed by atoms with Crippen molar-refractivity contribution in [3.8, 4) is 0 Å². The zero-order valence-electron chi connectivity index (χ0n) is 11.2. The molecule has 16 heavy (non-hydrogen) atoms. The third-order valence-corrected chi connectivity index (χ3v) is 3.01. The molecule has 0 unspecified atom stereocenters. The fraction of sp³-hybridized carbons (Fsp3) is 0.692. The molecule has 0 aliphatic heterocycles. The van der Waals surface area contributed by atoms with Crippen LogP contribution < -0.4 is 0 Å². The Hall–Kier alpha value is -1.12. The summed E-state index contributed by atoms with van der Waals surface area (Å²) in [4.78, 5) is 11.9. The first-order valence-electron chi connectivity index (χ1n) is 5.83. The minimum atomic E-state index is -0.293. The van der Waals surface area contributed by atoms with Crippen molar-refractivity contribution in [1.82, 2.24) is 9.78 Å². The van der Waals surface area contributed by atoms with E-state index in [-0.39, 0.29) is 11.2 Å². The molecule has 3 nitrogen and oxygen atoms in total. The maximum atomic E-state index is 11.9. The van der Waals surface area contributed by atoms with Gasteiger partial charge in [-0.1, -0.05) is 27.7 Å². The van der Waals surface area contributed by atoms with Crippen LogP contribution >= 0.6 is 0 Å². The van der Waals surface area contributed by atoms with Gasteiger partial charge in [0.15, 0.2) is 5.78 Å². The summed E-state index contributed by atoms with van der Waals surface area (Å²) in [6, 6.07) is 0. The van der Waals surface area contributed by atoms with E-state index >= 15 is 0 Å². The highest BCUT2D eigenvalue weighted by atomic mass is 16.1. The maximum absolute atomic E-state index is 11.9. The second kappa shape index (κ2) is 4.40. The zero-order valence-corrected chi connectivity index (χ0v) is 11.2. The second-order valence-electron chi connectivity index (χ2n) is 5.33. The number of carbonyl (C=O) groups excluding carboxylic acids is 1. The van der Waals surface area contributed by atoms with E-state index in [0.717, 1.165) is 17.8 Å². The fourth-order valence-corrected chi connectivity index (χ4v) is 1.77. The molecule has 0 spiro atoms. The van der Waals surface area contributed by atoms with Gasteiger partial charge in [0, 0.05) is 11.1 Å². The van der Waals surface area contributed by atoms with Crippen molar-refractivity contribution in [2.75, 3.05) is 0 Å². The van der Waals surface area contributed by atoms with Crippen LogP contribution in [0.25, 0.3) is 0 Å². The summed E-state index contributed by atoms with van der Waals surface area (Å²) in [5.41, 5.74) is 3.14. The van der Waals surface area contributed by atoms with Crippen LogP contribution in [-0.2, 0) is 17.8 Å². The van der Waals surface area contributed by atoms with Crippen LogP contribution in [0.4, 0.5) is 0 Å². The standard InChI is InChI=1S/C13H22N2O/c1-7-11-9(2)14-15(10(11)3)8-12(16)13(4,5)6/h7-8H2,1-6H3. The first-order valence-corrected chi connectivity index (χ1v) is 5.83. The van der Waals surface area contributed by atoms with Crippen LogP contribution in [0.1, 0.15) is 44.6 Å². The van der Waals surface area contributed by atoms with Crippen molar-refractivity contribution in [3.63, 3.8) is 0 Å². The Bertz CT molecular complexity index is 397. The molecule has 90 valence electrons. The third-order valence-electron chi connectivity index (χ3n) is 3.01. The summed E-state index contributed by atoms with van der Waals surface area (Å²) >= 11 is 0. The Morgan fingerprint density at radius 1 is 1.31 bits per heavy atom. The van der Waals surface area contributed by atoms with E-state index in [4.69, 9.17) is 0 Å². The fourth-order valence-electron chi connectivity index (χ4n) is 1.77. The average molecular weight is 222 g/mol. The average Bonchev–Trinajstić information content (AvgIpc) is 2.40. The lowest BCUT2D eigenvalue weighted by Crippen LogP contribution is -2.26. The molecule has 1 aromatic rings. The van der Waals surface area contributed by atoms with E-state index in [0.29, 0.717) is 6.54 Å². The predicted octanol–water partition coefficient (Wildman–Crippen LogP) is 2.68. The Kier molecular flexibility index (Phi) is 3.56. The largest absolute Gasteiger partial charge is 0.297 e. The molecule has 0 aliphatic carbocycles. The smallest absolute Gasteiger partial charge is 0.159 e. The van der Waals surface area contributed by atoms with E-state index in [1.807, 2.05) is 39.3 Å². The van der Waals surface area contributed by atoms with Gasteiger partial charge in [-0.2, -0.15) is 5.10 Å². The Morgan fingerprint density at radius 2 is 1.88 bits per heavy atom. The highest BCUT2D eigenvalue weighted by molar-refractivity contribution is 5.83. The van der Waals surface area contributed by atoms with Gasteiger partial charge < -0.3 is 0 Å². The summed E-state index contributed by atoms with van der Waals surface area (Å²) in [6.45, 7) is 12.4. The molecular weight excluding hydrogens is 200 g/mol. The molecule has 3 heteroatoms. The molecule has 0 saturated carbocycles. The number of hydrogen-bond donors (Lipinski definition) is 0. The lowest BCUT2D eigenvalue weighted by atomic mass is 9.91. The lowest BCUT2D eigenvalue weighted by molar-refractivity contribution is -0.127. The molecule has 1 rings (SSSR count). The van der Waals surface area contributed by atoms with E-state index < -0.39 is 0 Å². The number of carbonyl (C=O) groups is 1. The normalized spacial score (nSPS) is 11.9. The summed E-state index contributed by atoms with van der Waals surface area (Å²) in [5.74, 6) is 0.223. The number of aryl methyl sites for hydroxylation is 1. The monoisotopic (exact) mass is 222 g/mol. The molecule has 0 fully saturated rings. The molecule has 0 saturated heterocycles. The van der Waals surface area contributed by atoms with E-state index in [9.17, 15) is 4.79 Å². The quantitative estimate of drug-likeness (QED) is 0.788. The van der Waals surface area contributed by atoms with Crippen molar-refractivity contribution >= 4 is 5.78 Å². The van der Waals surface area contributed by atoms with Crippen molar-refractivity contribution in [2.24, 2.45) is 5.41 Å². The van der Waals surface area contributed by atoms with Gasteiger partial charge in [-0.15, -0.1) is 0 Å².